The van der Waals surface area contributed by atoms with Crippen molar-refractivity contribution in [2.75, 3.05) is 0 Å². The quantitative estimate of drug-likeness (QED) is 0.398. The minimum atomic E-state index is -4.10. The molecule has 0 aliphatic rings. The van der Waals surface area contributed by atoms with E-state index in [1.54, 1.807) is 0 Å². The number of halogens is 1. The van der Waals surface area contributed by atoms with Crippen molar-refractivity contribution >= 4 is 21.4 Å². The predicted molar refractivity (Wildman–Crippen MR) is 80.0 cm³/mol. The van der Waals surface area contributed by atoms with E-state index < -0.39 is 38.7 Å². The molecular weight excluding hydrogens is 353 g/mol. The lowest BCUT2D eigenvalue weighted by Gasteiger charge is -2.04. The summed E-state index contributed by atoms with van der Waals surface area (Å²) in [5.74, 6) is -2.74. The number of sulfone groups is 1. The maximum Gasteiger partial charge on any atom is 0.267 e. The molecule has 3 aromatic rings. The van der Waals surface area contributed by atoms with Crippen LogP contribution in [0.3, 0.4) is 0 Å². The highest BCUT2D eigenvalue weighted by atomic mass is 32.2. The molecular formula is C15H10FN3O5S. The maximum absolute atomic E-state index is 13.0. The molecule has 0 amide bonds. The first kappa shape index (κ1) is 16.7. The number of Topliss-reactive ketones (excluding diaryl/α,β-unsaturated/α-hetero) is 2. The number of ketones is 2. The second kappa shape index (κ2) is 6.40. The first-order chi connectivity index (χ1) is 11.9. The van der Waals surface area contributed by atoms with Crippen LogP contribution in [0.1, 0.15) is 16.2 Å². The third-order valence-corrected chi connectivity index (χ3v) is 5.04. The van der Waals surface area contributed by atoms with E-state index in [0.29, 0.717) is 0 Å². The fraction of sp³-hybridized carbons (Fsp3) is 0.0667. The average Bonchev–Trinajstić information content (AvgIpc) is 3.26. The summed E-state index contributed by atoms with van der Waals surface area (Å²) in [7, 11) is -4.10. The molecule has 0 unspecified atom stereocenters. The summed E-state index contributed by atoms with van der Waals surface area (Å²) in [6.07, 6.45) is 1.73. The number of hydrogen-bond donors (Lipinski definition) is 1. The van der Waals surface area contributed by atoms with E-state index in [9.17, 15) is 22.4 Å². The van der Waals surface area contributed by atoms with Gasteiger partial charge in [0.2, 0.25) is 26.5 Å². The van der Waals surface area contributed by atoms with Gasteiger partial charge in [-0.05, 0) is 30.3 Å². The van der Waals surface area contributed by atoms with Crippen molar-refractivity contribution in [3.63, 3.8) is 0 Å². The van der Waals surface area contributed by atoms with Crippen LogP contribution in [0.15, 0.2) is 57.3 Å². The van der Waals surface area contributed by atoms with E-state index in [-0.39, 0.29) is 16.3 Å². The zero-order chi connectivity index (χ0) is 18.0. The van der Waals surface area contributed by atoms with Gasteiger partial charge in [0.25, 0.3) is 5.78 Å². The molecule has 0 aliphatic heterocycles. The first-order valence-electron chi connectivity index (χ1n) is 6.90. The van der Waals surface area contributed by atoms with Gasteiger partial charge in [-0.15, -0.1) is 5.10 Å². The second-order valence-corrected chi connectivity index (χ2v) is 6.79. The van der Waals surface area contributed by atoms with E-state index in [1.807, 2.05) is 0 Å². The standard InChI is InChI=1S/C15H10FN3O5S/c16-10-1-3-11(4-2-10)25(22,23)15-9(5-6-24-15)7-12(20)13(21)14-17-8-18-19-14/h1-6,8H,7H2,(H,17,18,19). The van der Waals surface area contributed by atoms with Crippen LogP contribution in [0.2, 0.25) is 0 Å². The summed E-state index contributed by atoms with van der Waals surface area (Å²) < 4.78 is 43.1. The molecule has 25 heavy (non-hydrogen) atoms. The fourth-order valence-electron chi connectivity index (χ4n) is 2.11. The van der Waals surface area contributed by atoms with E-state index in [1.165, 1.54) is 6.07 Å². The van der Waals surface area contributed by atoms with Crippen molar-refractivity contribution in [1.29, 1.82) is 0 Å². The highest BCUT2D eigenvalue weighted by Gasteiger charge is 2.28. The largest absolute Gasteiger partial charge is 0.452 e. The average molecular weight is 363 g/mol. The monoisotopic (exact) mass is 363 g/mol. The highest BCUT2D eigenvalue weighted by molar-refractivity contribution is 7.91. The molecule has 0 bridgehead atoms. The summed E-state index contributed by atoms with van der Waals surface area (Å²) in [6, 6.07) is 5.43. The number of carbonyl (C=O) groups excluding carboxylic acids is 2. The van der Waals surface area contributed by atoms with Gasteiger partial charge in [-0.3, -0.25) is 14.7 Å². The van der Waals surface area contributed by atoms with Gasteiger partial charge in [-0.1, -0.05) is 0 Å². The van der Waals surface area contributed by atoms with Crippen molar-refractivity contribution in [3.05, 3.63) is 60.1 Å². The molecule has 0 atom stereocenters. The Morgan fingerprint density at radius 3 is 2.52 bits per heavy atom. The van der Waals surface area contributed by atoms with Gasteiger partial charge < -0.3 is 4.42 Å². The summed E-state index contributed by atoms with van der Waals surface area (Å²) in [5.41, 5.74) is 0.0122. The minimum Gasteiger partial charge on any atom is -0.452 e. The molecule has 1 aromatic carbocycles. The van der Waals surface area contributed by atoms with Gasteiger partial charge in [-0.2, -0.15) is 0 Å². The molecule has 10 heteroatoms. The van der Waals surface area contributed by atoms with Gasteiger partial charge in [0.15, 0.2) is 0 Å². The zero-order valence-electron chi connectivity index (χ0n) is 12.5. The van der Waals surface area contributed by atoms with Gasteiger partial charge in [0, 0.05) is 12.0 Å². The van der Waals surface area contributed by atoms with Crippen molar-refractivity contribution in [3.8, 4) is 0 Å². The molecule has 0 radical (unpaired) electrons. The fourth-order valence-corrected chi connectivity index (χ4v) is 3.48. The zero-order valence-corrected chi connectivity index (χ0v) is 13.3. The Morgan fingerprint density at radius 1 is 1.16 bits per heavy atom. The van der Waals surface area contributed by atoms with Crippen LogP contribution in [0.5, 0.6) is 0 Å². The Balaban J connectivity index is 1.89. The van der Waals surface area contributed by atoms with Crippen LogP contribution in [-0.4, -0.2) is 35.2 Å². The molecule has 128 valence electrons. The number of H-pyrrole nitrogens is 1. The molecule has 2 aromatic heterocycles. The predicted octanol–water partition coefficient (Wildman–Crippen LogP) is 1.36. The van der Waals surface area contributed by atoms with Crippen molar-refractivity contribution < 1.29 is 26.8 Å². The van der Waals surface area contributed by atoms with E-state index in [4.69, 9.17) is 4.42 Å². The van der Waals surface area contributed by atoms with Crippen LogP contribution in [0.25, 0.3) is 0 Å². The topological polar surface area (TPSA) is 123 Å². The van der Waals surface area contributed by atoms with E-state index in [2.05, 4.69) is 15.2 Å². The van der Waals surface area contributed by atoms with Crippen molar-refractivity contribution in [1.82, 2.24) is 15.2 Å². The molecule has 2 heterocycles. The molecule has 8 nitrogen and oxygen atoms in total. The summed E-state index contributed by atoms with van der Waals surface area (Å²) >= 11 is 0. The van der Waals surface area contributed by atoms with Crippen LogP contribution in [0.4, 0.5) is 4.39 Å². The number of furan rings is 1. The molecule has 0 saturated heterocycles. The lowest BCUT2D eigenvalue weighted by atomic mass is 10.1. The number of aromatic amines is 1. The molecule has 1 N–H and O–H groups in total. The summed E-state index contributed by atoms with van der Waals surface area (Å²) in [5, 5.41) is 5.34. The number of carbonyl (C=O) groups is 2. The molecule has 3 rings (SSSR count). The van der Waals surface area contributed by atoms with Gasteiger partial charge in [0.05, 0.1) is 11.2 Å². The van der Waals surface area contributed by atoms with Gasteiger partial charge in [0.1, 0.15) is 12.1 Å². The van der Waals surface area contributed by atoms with E-state index >= 15 is 0 Å². The molecule has 0 fully saturated rings. The number of nitrogens with zero attached hydrogens (tertiary/aromatic N) is 2. The Labute approximate surface area is 140 Å². The smallest absolute Gasteiger partial charge is 0.267 e. The number of hydrogen-bond acceptors (Lipinski definition) is 7. The van der Waals surface area contributed by atoms with Crippen molar-refractivity contribution in [2.45, 2.75) is 16.4 Å². The SMILES string of the molecule is O=C(Cc1ccoc1S(=O)(=O)c1ccc(F)cc1)C(=O)c1nc[nH]n1. The number of aromatic nitrogens is 3. The lowest BCUT2D eigenvalue weighted by molar-refractivity contribution is -0.114. The van der Waals surface area contributed by atoms with Crippen molar-refractivity contribution in [2.24, 2.45) is 0 Å². The maximum atomic E-state index is 13.0. The highest BCUT2D eigenvalue weighted by Crippen LogP contribution is 2.26. The normalized spacial score (nSPS) is 11.4. The Bertz CT molecular complexity index is 1020. The van der Waals surface area contributed by atoms with Crippen LogP contribution in [-0.2, 0) is 21.1 Å². The second-order valence-electron chi connectivity index (χ2n) is 4.94. The first-order valence-corrected chi connectivity index (χ1v) is 8.38. The van der Waals surface area contributed by atoms with Gasteiger partial charge >= 0.3 is 0 Å². The molecule has 0 spiro atoms. The van der Waals surface area contributed by atoms with Gasteiger partial charge in [-0.25, -0.2) is 17.8 Å². The van der Waals surface area contributed by atoms with Crippen LogP contribution in [0, 0.1) is 5.82 Å². The Morgan fingerprint density at radius 2 is 1.88 bits per heavy atom. The molecule has 0 saturated carbocycles. The third kappa shape index (κ3) is 3.24. The summed E-state index contributed by atoms with van der Waals surface area (Å²) in [6.45, 7) is 0. The van der Waals surface area contributed by atoms with E-state index in [0.717, 1.165) is 36.9 Å². The third-order valence-electron chi connectivity index (χ3n) is 3.30. The lowest BCUT2D eigenvalue weighted by Crippen LogP contribution is -2.19. The molecule has 0 aliphatic carbocycles. The van der Waals surface area contributed by atoms with Crippen LogP contribution >= 0.6 is 0 Å². The Kier molecular flexibility index (Phi) is 4.28. The summed E-state index contributed by atoms with van der Waals surface area (Å²) in [4.78, 5) is 27.3. The Hall–Kier alpha value is -3.14. The van der Waals surface area contributed by atoms with Crippen LogP contribution < -0.4 is 0 Å². The number of rotatable bonds is 6. The number of nitrogens with one attached hydrogen (secondary N) is 1. The number of benzene rings is 1. The minimum absolute atomic E-state index is 0.0122.